The molecular formula is C18H22ClNO2. The van der Waals surface area contributed by atoms with E-state index in [1.54, 1.807) is 14.2 Å². The van der Waals surface area contributed by atoms with E-state index in [9.17, 15) is 0 Å². The van der Waals surface area contributed by atoms with Gasteiger partial charge in [-0.25, -0.2) is 0 Å². The third-order valence-electron chi connectivity index (χ3n) is 3.68. The molecule has 0 heterocycles. The predicted octanol–water partition coefficient (Wildman–Crippen LogP) is 4.25. The van der Waals surface area contributed by atoms with Crippen LogP contribution in [-0.2, 0) is 6.42 Å². The summed E-state index contributed by atoms with van der Waals surface area (Å²) < 4.78 is 10.6. The summed E-state index contributed by atoms with van der Waals surface area (Å²) in [5.41, 5.74) is 2.33. The van der Waals surface area contributed by atoms with Crippen LogP contribution in [0.2, 0.25) is 5.02 Å². The van der Waals surface area contributed by atoms with Crippen LogP contribution >= 0.6 is 11.6 Å². The van der Waals surface area contributed by atoms with Crippen LogP contribution in [0.3, 0.4) is 0 Å². The SMILES string of the molecule is COc1ccc(CCNC(C)c2ccccc2Cl)cc1OC. The Kier molecular flexibility index (Phi) is 6.10. The molecule has 0 bridgehead atoms. The molecule has 0 aliphatic rings. The summed E-state index contributed by atoms with van der Waals surface area (Å²) in [6, 6.07) is 14.2. The molecule has 0 saturated heterocycles. The first-order valence-corrected chi connectivity index (χ1v) is 7.72. The van der Waals surface area contributed by atoms with Gasteiger partial charge in [0, 0.05) is 11.1 Å². The number of hydrogen-bond donors (Lipinski definition) is 1. The van der Waals surface area contributed by atoms with Crippen molar-refractivity contribution in [2.24, 2.45) is 0 Å². The molecule has 118 valence electrons. The van der Waals surface area contributed by atoms with Gasteiger partial charge in [0.1, 0.15) is 0 Å². The highest BCUT2D eigenvalue weighted by Crippen LogP contribution is 2.27. The molecule has 2 aromatic rings. The Morgan fingerprint density at radius 1 is 1.05 bits per heavy atom. The van der Waals surface area contributed by atoms with Crippen LogP contribution in [0.4, 0.5) is 0 Å². The molecule has 4 heteroatoms. The molecule has 2 aromatic carbocycles. The Morgan fingerprint density at radius 2 is 1.77 bits per heavy atom. The molecule has 0 spiro atoms. The van der Waals surface area contributed by atoms with Gasteiger partial charge < -0.3 is 14.8 Å². The van der Waals surface area contributed by atoms with Crippen molar-refractivity contribution < 1.29 is 9.47 Å². The molecule has 22 heavy (non-hydrogen) atoms. The smallest absolute Gasteiger partial charge is 0.160 e. The van der Waals surface area contributed by atoms with Gasteiger partial charge in [-0.2, -0.15) is 0 Å². The van der Waals surface area contributed by atoms with Crippen LogP contribution in [-0.4, -0.2) is 20.8 Å². The van der Waals surface area contributed by atoms with Gasteiger partial charge in [-0.15, -0.1) is 0 Å². The Hall–Kier alpha value is -1.71. The monoisotopic (exact) mass is 319 g/mol. The maximum Gasteiger partial charge on any atom is 0.160 e. The summed E-state index contributed by atoms with van der Waals surface area (Å²) in [7, 11) is 3.30. The number of ether oxygens (including phenoxy) is 2. The maximum absolute atomic E-state index is 6.22. The topological polar surface area (TPSA) is 30.5 Å². The molecule has 1 atom stereocenters. The summed E-state index contributed by atoms with van der Waals surface area (Å²) >= 11 is 6.22. The Morgan fingerprint density at radius 3 is 2.45 bits per heavy atom. The van der Waals surface area contributed by atoms with Crippen molar-refractivity contribution in [2.75, 3.05) is 20.8 Å². The van der Waals surface area contributed by atoms with E-state index in [1.165, 1.54) is 5.56 Å². The molecule has 0 fully saturated rings. The number of methoxy groups -OCH3 is 2. The lowest BCUT2D eigenvalue weighted by molar-refractivity contribution is 0.354. The zero-order valence-electron chi connectivity index (χ0n) is 13.2. The van der Waals surface area contributed by atoms with E-state index in [1.807, 2.05) is 30.3 Å². The summed E-state index contributed by atoms with van der Waals surface area (Å²) in [4.78, 5) is 0. The van der Waals surface area contributed by atoms with Crippen LogP contribution in [0.1, 0.15) is 24.1 Å². The quantitative estimate of drug-likeness (QED) is 0.827. The van der Waals surface area contributed by atoms with E-state index >= 15 is 0 Å². The minimum atomic E-state index is 0.217. The third kappa shape index (κ3) is 4.15. The van der Waals surface area contributed by atoms with Crippen molar-refractivity contribution in [1.82, 2.24) is 5.32 Å². The molecule has 0 radical (unpaired) electrons. The molecule has 1 unspecified atom stereocenters. The molecule has 0 aliphatic heterocycles. The van der Waals surface area contributed by atoms with Gasteiger partial charge in [-0.3, -0.25) is 0 Å². The van der Waals surface area contributed by atoms with Crippen molar-refractivity contribution in [3.63, 3.8) is 0 Å². The summed E-state index contributed by atoms with van der Waals surface area (Å²) in [6.45, 7) is 2.98. The molecule has 1 N–H and O–H groups in total. The second-order valence-electron chi connectivity index (χ2n) is 5.14. The molecule has 0 amide bonds. The van der Waals surface area contributed by atoms with Gasteiger partial charge in [0.05, 0.1) is 14.2 Å². The van der Waals surface area contributed by atoms with E-state index in [-0.39, 0.29) is 6.04 Å². The summed E-state index contributed by atoms with van der Waals surface area (Å²) in [5, 5.41) is 4.30. The molecule has 0 aromatic heterocycles. The van der Waals surface area contributed by atoms with E-state index in [2.05, 4.69) is 24.4 Å². The second-order valence-corrected chi connectivity index (χ2v) is 5.54. The number of rotatable bonds is 7. The average molecular weight is 320 g/mol. The fourth-order valence-electron chi connectivity index (χ4n) is 2.41. The Labute approximate surface area is 137 Å². The standard InChI is InChI=1S/C18H22ClNO2/c1-13(15-6-4-5-7-16(15)19)20-11-10-14-8-9-17(21-2)18(12-14)22-3/h4-9,12-13,20H,10-11H2,1-3H3. The average Bonchev–Trinajstić information content (AvgIpc) is 2.55. The van der Waals surface area contributed by atoms with E-state index in [0.717, 1.165) is 35.1 Å². The van der Waals surface area contributed by atoms with Gasteiger partial charge in [-0.05, 0) is 49.2 Å². The highest BCUT2D eigenvalue weighted by atomic mass is 35.5. The Balaban J connectivity index is 1.92. The van der Waals surface area contributed by atoms with E-state index < -0.39 is 0 Å². The van der Waals surface area contributed by atoms with Crippen molar-refractivity contribution in [3.05, 3.63) is 58.6 Å². The lowest BCUT2D eigenvalue weighted by Crippen LogP contribution is -2.21. The van der Waals surface area contributed by atoms with Gasteiger partial charge >= 0.3 is 0 Å². The van der Waals surface area contributed by atoms with Crippen molar-refractivity contribution >= 4 is 11.6 Å². The highest BCUT2D eigenvalue weighted by Gasteiger charge is 2.09. The zero-order chi connectivity index (χ0) is 15.9. The minimum absolute atomic E-state index is 0.217. The third-order valence-corrected chi connectivity index (χ3v) is 4.03. The Bertz CT molecular complexity index is 616. The minimum Gasteiger partial charge on any atom is -0.493 e. The van der Waals surface area contributed by atoms with Crippen LogP contribution in [0.25, 0.3) is 0 Å². The van der Waals surface area contributed by atoms with Crippen LogP contribution in [0.15, 0.2) is 42.5 Å². The first-order chi connectivity index (χ1) is 10.7. The summed E-state index contributed by atoms with van der Waals surface area (Å²) in [6.07, 6.45) is 0.912. The molecule has 0 saturated carbocycles. The fourth-order valence-corrected chi connectivity index (χ4v) is 2.70. The number of benzene rings is 2. The number of nitrogens with one attached hydrogen (secondary N) is 1. The maximum atomic E-state index is 6.22. The van der Waals surface area contributed by atoms with Crippen molar-refractivity contribution in [2.45, 2.75) is 19.4 Å². The van der Waals surface area contributed by atoms with Gasteiger partial charge in [0.15, 0.2) is 11.5 Å². The van der Waals surface area contributed by atoms with Crippen LogP contribution < -0.4 is 14.8 Å². The molecule has 0 aliphatic carbocycles. The molecule has 2 rings (SSSR count). The van der Waals surface area contributed by atoms with E-state index in [0.29, 0.717) is 0 Å². The highest BCUT2D eigenvalue weighted by molar-refractivity contribution is 6.31. The first kappa shape index (κ1) is 16.7. The predicted molar refractivity (Wildman–Crippen MR) is 91.1 cm³/mol. The second kappa shape index (κ2) is 8.06. The lowest BCUT2D eigenvalue weighted by atomic mass is 10.1. The van der Waals surface area contributed by atoms with Crippen LogP contribution in [0.5, 0.6) is 11.5 Å². The fraction of sp³-hybridized carbons (Fsp3) is 0.333. The lowest BCUT2D eigenvalue weighted by Gasteiger charge is -2.16. The summed E-state index contributed by atoms with van der Waals surface area (Å²) in [5.74, 6) is 1.52. The van der Waals surface area contributed by atoms with Gasteiger partial charge in [0.25, 0.3) is 0 Å². The largest absolute Gasteiger partial charge is 0.493 e. The van der Waals surface area contributed by atoms with Crippen LogP contribution in [0, 0.1) is 0 Å². The number of halogens is 1. The van der Waals surface area contributed by atoms with Crippen molar-refractivity contribution in [1.29, 1.82) is 0 Å². The van der Waals surface area contributed by atoms with Crippen molar-refractivity contribution in [3.8, 4) is 11.5 Å². The molecular weight excluding hydrogens is 298 g/mol. The van der Waals surface area contributed by atoms with Gasteiger partial charge in [0.2, 0.25) is 0 Å². The molecule has 3 nitrogen and oxygen atoms in total. The van der Waals surface area contributed by atoms with Gasteiger partial charge in [-0.1, -0.05) is 35.9 Å². The van der Waals surface area contributed by atoms with E-state index in [4.69, 9.17) is 21.1 Å². The zero-order valence-corrected chi connectivity index (χ0v) is 14.0. The number of hydrogen-bond acceptors (Lipinski definition) is 3. The first-order valence-electron chi connectivity index (χ1n) is 7.34. The normalized spacial score (nSPS) is 12.0.